The Morgan fingerprint density at radius 3 is 2.65 bits per heavy atom. The number of benzene rings is 1. The van der Waals surface area contributed by atoms with Crippen LogP contribution in [0.15, 0.2) is 24.3 Å². The lowest BCUT2D eigenvalue weighted by atomic mass is 10.1. The van der Waals surface area contributed by atoms with Gasteiger partial charge >= 0.3 is 0 Å². The lowest BCUT2D eigenvalue weighted by molar-refractivity contribution is -0.122. The minimum atomic E-state index is -0.477. The van der Waals surface area contributed by atoms with Crippen molar-refractivity contribution < 1.29 is 9.53 Å². The Hall–Kier alpha value is -1.55. The Kier molecular flexibility index (Phi) is 4.97. The average molecular weight is 236 g/mol. The highest BCUT2D eigenvalue weighted by atomic mass is 16.5. The van der Waals surface area contributed by atoms with E-state index in [2.05, 4.69) is 5.32 Å². The zero-order valence-electron chi connectivity index (χ0n) is 10.6. The summed E-state index contributed by atoms with van der Waals surface area (Å²) in [6.45, 7) is 3.62. The number of ether oxygens (including phenoxy) is 1. The normalized spacial score (nSPS) is 13.9. The number of hydrogen-bond acceptors (Lipinski definition) is 3. The van der Waals surface area contributed by atoms with Crippen LogP contribution in [0.4, 0.5) is 0 Å². The molecule has 0 aliphatic rings. The molecule has 2 atom stereocenters. The molecule has 0 aliphatic heterocycles. The van der Waals surface area contributed by atoms with Gasteiger partial charge in [-0.15, -0.1) is 0 Å². The van der Waals surface area contributed by atoms with Crippen LogP contribution in [0, 0.1) is 0 Å². The molecule has 0 aromatic heterocycles. The first-order valence-electron chi connectivity index (χ1n) is 5.72. The van der Waals surface area contributed by atoms with Gasteiger partial charge in [0.2, 0.25) is 5.91 Å². The van der Waals surface area contributed by atoms with Crippen LogP contribution in [0.5, 0.6) is 5.75 Å². The molecule has 94 valence electrons. The van der Waals surface area contributed by atoms with Gasteiger partial charge in [-0.05, 0) is 31.9 Å². The van der Waals surface area contributed by atoms with E-state index in [4.69, 9.17) is 10.5 Å². The van der Waals surface area contributed by atoms with E-state index < -0.39 is 6.04 Å². The Labute approximate surface area is 102 Å². The fourth-order valence-corrected chi connectivity index (χ4v) is 1.63. The molecule has 0 fully saturated rings. The van der Waals surface area contributed by atoms with Gasteiger partial charge in [0.1, 0.15) is 5.75 Å². The molecule has 17 heavy (non-hydrogen) atoms. The number of methoxy groups -OCH3 is 1. The summed E-state index contributed by atoms with van der Waals surface area (Å²) in [6, 6.07) is 7.34. The van der Waals surface area contributed by atoms with Crippen molar-refractivity contribution in [3.8, 4) is 5.75 Å². The average Bonchev–Trinajstić information content (AvgIpc) is 2.29. The third-order valence-electron chi connectivity index (χ3n) is 2.52. The Bertz CT molecular complexity index is 377. The molecule has 4 nitrogen and oxygen atoms in total. The summed E-state index contributed by atoms with van der Waals surface area (Å²) >= 11 is 0. The highest BCUT2D eigenvalue weighted by Gasteiger charge is 2.13. The molecule has 1 amide bonds. The Balaban J connectivity index is 2.61. The van der Waals surface area contributed by atoms with Gasteiger partial charge in [0.15, 0.2) is 0 Å². The van der Waals surface area contributed by atoms with Gasteiger partial charge < -0.3 is 15.8 Å². The molecule has 1 rings (SSSR count). The minimum Gasteiger partial charge on any atom is -0.496 e. The van der Waals surface area contributed by atoms with Crippen molar-refractivity contribution in [1.29, 1.82) is 0 Å². The first-order chi connectivity index (χ1) is 8.04. The number of nitrogens with two attached hydrogens (primary N) is 1. The second kappa shape index (κ2) is 6.25. The number of carbonyl (C=O) groups is 1. The summed E-state index contributed by atoms with van der Waals surface area (Å²) in [7, 11) is 1.64. The predicted molar refractivity (Wildman–Crippen MR) is 68.0 cm³/mol. The maximum atomic E-state index is 11.4. The van der Waals surface area contributed by atoms with E-state index in [1.807, 2.05) is 31.2 Å². The van der Waals surface area contributed by atoms with E-state index in [1.54, 1.807) is 14.0 Å². The summed E-state index contributed by atoms with van der Waals surface area (Å²) in [5, 5.41) is 2.86. The van der Waals surface area contributed by atoms with E-state index in [0.717, 1.165) is 17.7 Å². The zero-order valence-corrected chi connectivity index (χ0v) is 10.6. The second-order valence-electron chi connectivity index (χ2n) is 4.21. The first-order valence-corrected chi connectivity index (χ1v) is 5.72. The Morgan fingerprint density at radius 1 is 1.41 bits per heavy atom. The summed E-state index contributed by atoms with van der Waals surface area (Å²) in [6.07, 6.45) is 0.725. The SMILES string of the molecule is COc1ccccc1CC(C)NC(=O)[C@H](C)N. The number of nitrogens with one attached hydrogen (secondary N) is 1. The van der Waals surface area contributed by atoms with Gasteiger partial charge in [0, 0.05) is 6.04 Å². The smallest absolute Gasteiger partial charge is 0.236 e. The number of hydrogen-bond donors (Lipinski definition) is 2. The van der Waals surface area contributed by atoms with Crippen LogP contribution < -0.4 is 15.8 Å². The van der Waals surface area contributed by atoms with E-state index in [-0.39, 0.29) is 11.9 Å². The van der Waals surface area contributed by atoms with Crippen molar-refractivity contribution in [1.82, 2.24) is 5.32 Å². The van der Waals surface area contributed by atoms with Crippen LogP contribution in [0.3, 0.4) is 0 Å². The fraction of sp³-hybridized carbons (Fsp3) is 0.462. The maximum absolute atomic E-state index is 11.4. The molecule has 0 bridgehead atoms. The van der Waals surface area contributed by atoms with Crippen molar-refractivity contribution in [3.63, 3.8) is 0 Å². The van der Waals surface area contributed by atoms with E-state index in [0.29, 0.717) is 0 Å². The van der Waals surface area contributed by atoms with Crippen molar-refractivity contribution in [2.45, 2.75) is 32.4 Å². The van der Waals surface area contributed by atoms with E-state index in [1.165, 1.54) is 0 Å². The quantitative estimate of drug-likeness (QED) is 0.804. The molecule has 1 unspecified atom stereocenters. The van der Waals surface area contributed by atoms with Crippen molar-refractivity contribution in [2.75, 3.05) is 7.11 Å². The van der Waals surface area contributed by atoms with E-state index in [9.17, 15) is 4.79 Å². The van der Waals surface area contributed by atoms with Gasteiger partial charge in [-0.25, -0.2) is 0 Å². The van der Waals surface area contributed by atoms with Gasteiger partial charge in [-0.3, -0.25) is 4.79 Å². The topological polar surface area (TPSA) is 64.3 Å². The van der Waals surface area contributed by atoms with Gasteiger partial charge in [0.05, 0.1) is 13.2 Å². The fourth-order valence-electron chi connectivity index (χ4n) is 1.63. The van der Waals surface area contributed by atoms with E-state index >= 15 is 0 Å². The largest absolute Gasteiger partial charge is 0.496 e. The maximum Gasteiger partial charge on any atom is 0.236 e. The van der Waals surface area contributed by atoms with Gasteiger partial charge in [-0.2, -0.15) is 0 Å². The van der Waals surface area contributed by atoms with Crippen LogP contribution in [0.25, 0.3) is 0 Å². The predicted octanol–water partition coefficient (Wildman–Crippen LogP) is 1.09. The van der Waals surface area contributed by atoms with Crippen LogP contribution in [0.1, 0.15) is 19.4 Å². The summed E-state index contributed by atoms with van der Waals surface area (Å²) in [4.78, 5) is 11.4. The highest BCUT2D eigenvalue weighted by Crippen LogP contribution is 2.18. The monoisotopic (exact) mass is 236 g/mol. The lowest BCUT2D eigenvalue weighted by Gasteiger charge is -2.17. The summed E-state index contributed by atoms with van der Waals surface area (Å²) in [5.74, 6) is 0.710. The van der Waals surface area contributed by atoms with Crippen LogP contribution in [-0.4, -0.2) is 25.1 Å². The molecule has 0 radical (unpaired) electrons. The third kappa shape index (κ3) is 4.07. The van der Waals surface area contributed by atoms with Crippen molar-refractivity contribution in [2.24, 2.45) is 5.73 Å². The second-order valence-corrected chi connectivity index (χ2v) is 4.21. The standard InChI is InChI=1S/C13H20N2O2/c1-9(15-13(16)10(2)14)8-11-6-4-5-7-12(11)17-3/h4-7,9-10H,8,14H2,1-3H3,(H,15,16)/t9?,10-/m0/s1. The van der Waals surface area contributed by atoms with Gasteiger partial charge in [-0.1, -0.05) is 18.2 Å². The molecule has 0 heterocycles. The molecule has 0 saturated heterocycles. The first kappa shape index (κ1) is 13.5. The number of rotatable bonds is 5. The molecule has 1 aromatic carbocycles. The summed E-state index contributed by atoms with van der Waals surface area (Å²) < 4.78 is 5.26. The highest BCUT2D eigenvalue weighted by molar-refractivity contribution is 5.81. The molecular weight excluding hydrogens is 216 g/mol. The summed E-state index contributed by atoms with van der Waals surface area (Å²) in [5.41, 5.74) is 6.57. The minimum absolute atomic E-state index is 0.0322. The number of para-hydroxylation sites is 1. The molecule has 4 heteroatoms. The number of carbonyl (C=O) groups excluding carboxylic acids is 1. The van der Waals surface area contributed by atoms with Crippen LogP contribution in [-0.2, 0) is 11.2 Å². The van der Waals surface area contributed by atoms with Crippen LogP contribution >= 0.6 is 0 Å². The lowest BCUT2D eigenvalue weighted by Crippen LogP contribution is -2.43. The van der Waals surface area contributed by atoms with Crippen molar-refractivity contribution in [3.05, 3.63) is 29.8 Å². The van der Waals surface area contributed by atoms with Crippen LogP contribution in [0.2, 0.25) is 0 Å². The number of amides is 1. The molecule has 3 N–H and O–H groups in total. The molecular formula is C13H20N2O2. The molecule has 0 aliphatic carbocycles. The zero-order chi connectivity index (χ0) is 12.8. The Morgan fingerprint density at radius 2 is 2.06 bits per heavy atom. The third-order valence-corrected chi connectivity index (χ3v) is 2.52. The molecule has 0 spiro atoms. The van der Waals surface area contributed by atoms with Crippen molar-refractivity contribution >= 4 is 5.91 Å². The molecule has 0 saturated carbocycles. The van der Waals surface area contributed by atoms with Gasteiger partial charge in [0.25, 0.3) is 0 Å². The molecule has 1 aromatic rings.